The molecule has 0 bridgehead atoms. The Morgan fingerprint density at radius 2 is 1.75 bits per heavy atom. The van der Waals surface area contributed by atoms with Crippen molar-refractivity contribution in [1.29, 1.82) is 0 Å². The Morgan fingerprint density at radius 3 is 2.10 bits per heavy atom. The van der Waals surface area contributed by atoms with E-state index in [1.54, 1.807) is 0 Å². The molecule has 6 heteroatoms. The zero-order valence-corrected chi connectivity index (χ0v) is 13.1. The molecule has 0 spiro atoms. The van der Waals surface area contributed by atoms with Crippen molar-refractivity contribution in [2.24, 2.45) is 0 Å². The van der Waals surface area contributed by atoms with Crippen molar-refractivity contribution in [2.45, 2.75) is 46.5 Å². The summed E-state index contributed by atoms with van der Waals surface area (Å²) in [6.07, 6.45) is 4.20. The molecule has 1 rings (SSSR count). The number of thiazole rings is 1. The minimum atomic E-state index is -1.14. The lowest BCUT2D eigenvalue weighted by atomic mass is 10.3. The van der Waals surface area contributed by atoms with Gasteiger partial charge in [0.05, 0.1) is 0 Å². The highest BCUT2D eigenvalue weighted by Crippen LogP contribution is 2.27. The summed E-state index contributed by atoms with van der Waals surface area (Å²) in [6, 6.07) is 0. The fraction of sp³-hybridized carbons (Fsp3) is 0.643. The molecular weight excluding hydrogens is 276 g/mol. The molecule has 0 aliphatic heterocycles. The van der Waals surface area contributed by atoms with Gasteiger partial charge in [0.15, 0.2) is 16.6 Å². The van der Waals surface area contributed by atoms with Crippen molar-refractivity contribution in [3.05, 3.63) is 10.6 Å². The quantitative estimate of drug-likeness (QED) is 0.707. The molecule has 5 nitrogen and oxygen atoms in total. The predicted octanol–water partition coefficient (Wildman–Crippen LogP) is 3.45. The number of ketones is 1. The molecule has 0 fully saturated rings. The fourth-order valence-electron chi connectivity index (χ4n) is 1.83. The van der Waals surface area contributed by atoms with E-state index >= 15 is 0 Å². The number of unbranched alkanes of at least 4 members (excludes halogenated alkanes) is 2. The Morgan fingerprint density at radius 1 is 1.20 bits per heavy atom. The van der Waals surface area contributed by atoms with Crippen LogP contribution in [0.25, 0.3) is 0 Å². The van der Waals surface area contributed by atoms with Crippen molar-refractivity contribution < 1.29 is 14.7 Å². The topological polar surface area (TPSA) is 70.5 Å². The van der Waals surface area contributed by atoms with E-state index in [1.807, 2.05) is 0 Å². The maximum Gasteiger partial charge on any atom is 0.356 e. The third-order valence-corrected chi connectivity index (χ3v) is 4.19. The van der Waals surface area contributed by atoms with Crippen molar-refractivity contribution in [2.75, 3.05) is 18.0 Å². The van der Waals surface area contributed by atoms with Gasteiger partial charge in [-0.15, -0.1) is 0 Å². The number of carbonyl (C=O) groups excluding carboxylic acids is 1. The van der Waals surface area contributed by atoms with Gasteiger partial charge in [0.25, 0.3) is 0 Å². The summed E-state index contributed by atoms with van der Waals surface area (Å²) in [6.45, 7) is 7.31. The summed E-state index contributed by atoms with van der Waals surface area (Å²) >= 11 is 1.19. The average molecular weight is 298 g/mol. The van der Waals surface area contributed by atoms with Gasteiger partial charge in [-0.25, -0.2) is 9.78 Å². The summed E-state index contributed by atoms with van der Waals surface area (Å²) in [5, 5.41) is 9.78. The van der Waals surface area contributed by atoms with Crippen LogP contribution in [0.3, 0.4) is 0 Å². The third-order valence-electron chi connectivity index (χ3n) is 2.97. The Labute approximate surface area is 123 Å². The van der Waals surface area contributed by atoms with E-state index in [1.165, 1.54) is 18.3 Å². The van der Waals surface area contributed by atoms with Crippen molar-refractivity contribution >= 4 is 28.2 Å². The maximum atomic E-state index is 11.5. The standard InChI is InChI=1S/C14H22N2O3S/c1-4-6-8-16(9-7-5-2)14-15-11(13(18)19)12(20-14)10(3)17/h4-9H2,1-3H3,(H,18,19). The number of Topliss-reactive ketones (excluding diaryl/α,β-unsaturated/α-hetero) is 1. The number of carboxylic acid groups (broad SMARTS) is 1. The van der Waals surface area contributed by atoms with Gasteiger partial charge < -0.3 is 10.0 Å². The summed E-state index contributed by atoms with van der Waals surface area (Å²) in [5.41, 5.74) is -0.115. The highest BCUT2D eigenvalue weighted by molar-refractivity contribution is 7.17. The van der Waals surface area contributed by atoms with Crippen LogP contribution in [0.15, 0.2) is 0 Å². The van der Waals surface area contributed by atoms with E-state index in [0.717, 1.165) is 38.8 Å². The Hall–Kier alpha value is -1.43. The van der Waals surface area contributed by atoms with E-state index in [2.05, 4.69) is 23.7 Å². The third kappa shape index (κ3) is 4.30. The van der Waals surface area contributed by atoms with Gasteiger partial charge >= 0.3 is 5.97 Å². The Balaban J connectivity index is 3.02. The number of aromatic nitrogens is 1. The lowest BCUT2D eigenvalue weighted by molar-refractivity contribution is 0.0687. The van der Waals surface area contributed by atoms with Gasteiger partial charge in [0.2, 0.25) is 0 Å². The molecule has 0 aliphatic carbocycles. The summed E-state index contributed by atoms with van der Waals surface area (Å²) in [7, 11) is 0. The largest absolute Gasteiger partial charge is 0.476 e. The van der Waals surface area contributed by atoms with Crippen LogP contribution in [-0.2, 0) is 0 Å². The molecule has 0 unspecified atom stereocenters. The van der Waals surface area contributed by atoms with Gasteiger partial charge in [-0.3, -0.25) is 4.79 Å². The molecule has 0 atom stereocenters. The Kier molecular flexibility index (Phi) is 6.64. The number of hydrogen-bond acceptors (Lipinski definition) is 5. The number of anilines is 1. The van der Waals surface area contributed by atoms with Crippen molar-refractivity contribution in [1.82, 2.24) is 4.98 Å². The second-order valence-corrected chi connectivity index (χ2v) is 5.71. The van der Waals surface area contributed by atoms with Gasteiger partial charge in [0, 0.05) is 20.0 Å². The summed E-state index contributed by atoms with van der Waals surface area (Å²) in [5.74, 6) is -1.37. The fourth-order valence-corrected chi connectivity index (χ4v) is 2.83. The molecule has 1 N–H and O–H groups in total. The van der Waals surface area contributed by atoms with Crippen LogP contribution < -0.4 is 4.90 Å². The number of carbonyl (C=O) groups is 2. The van der Waals surface area contributed by atoms with Crippen molar-refractivity contribution in [3.63, 3.8) is 0 Å². The SMILES string of the molecule is CCCCN(CCCC)c1nc(C(=O)O)c(C(C)=O)s1. The molecule has 20 heavy (non-hydrogen) atoms. The first-order chi connectivity index (χ1) is 9.51. The van der Waals surface area contributed by atoms with Crippen LogP contribution in [-0.4, -0.2) is 34.9 Å². The molecule has 1 aromatic rings. The predicted molar refractivity (Wildman–Crippen MR) is 81.1 cm³/mol. The number of hydrogen-bond donors (Lipinski definition) is 1. The van der Waals surface area contributed by atoms with E-state index in [0.29, 0.717) is 5.13 Å². The van der Waals surface area contributed by atoms with Gasteiger partial charge in [-0.2, -0.15) is 0 Å². The highest BCUT2D eigenvalue weighted by Gasteiger charge is 2.22. The first-order valence-corrected chi connectivity index (χ1v) is 7.82. The number of nitrogens with zero attached hydrogens (tertiary/aromatic N) is 2. The second kappa shape index (κ2) is 7.99. The zero-order valence-electron chi connectivity index (χ0n) is 12.3. The molecule has 1 aromatic heterocycles. The lowest BCUT2D eigenvalue weighted by Crippen LogP contribution is -2.25. The summed E-state index contributed by atoms with van der Waals surface area (Å²) in [4.78, 5) is 29.2. The maximum absolute atomic E-state index is 11.5. The highest BCUT2D eigenvalue weighted by atomic mass is 32.1. The summed E-state index contributed by atoms with van der Waals surface area (Å²) < 4.78 is 0. The van der Waals surface area contributed by atoms with Crippen LogP contribution >= 0.6 is 11.3 Å². The number of aromatic carboxylic acids is 1. The van der Waals surface area contributed by atoms with Gasteiger partial charge in [-0.05, 0) is 12.8 Å². The van der Waals surface area contributed by atoms with Gasteiger partial charge in [-0.1, -0.05) is 38.0 Å². The first kappa shape index (κ1) is 16.6. The molecular formula is C14H22N2O3S. The second-order valence-electron chi connectivity index (χ2n) is 4.73. The van der Waals surface area contributed by atoms with Gasteiger partial charge in [0.1, 0.15) is 4.88 Å². The molecule has 0 saturated heterocycles. The van der Waals surface area contributed by atoms with E-state index in [9.17, 15) is 9.59 Å². The van der Waals surface area contributed by atoms with Crippen LogP contribution in [0.1, 0.15) is 66.6 Å². The smallest absolute Gasteiger partial charge is 0.356 e. The van der Waals surface area contributed by atoms with Crippen LogP contribution in [0.5, 0.6) is 0 Å². The van der Waals surface area contributed by atoms with Crippen LogP contribution in [0.2, 0.25) is 0 Å². The normalized spacial score (nSPS) is 10.6. The minimum absolute atomic E-state index is 0.115. The van der Waals surface area contributed by atoms with Crippen molar-refractivity contribution in [3.8, 4) is 0 Å². The van der Waals surface area contributed by atoms with E-state index in [-0.39, 0.29) is 16.4 Å². The minimum Gasteiger partial charge on any atom is -0.476 e. The lowest BCUT2D eigenvalue weighted by Gasteiger charge is -2.21. The zero-order chi connectivity index (χ0) is 15.1. The molecule has 0 aliphatic rings. The molecule has 1 heterocycles. The van der Waals surface area contributed by atoms with E-state index < -0.39 is 5.97 Å². The number of rotatable bonds is 9. The molecule has 0 saturated carbocycles. The molecule has 0 amide bonds. The average Bonchev–Trinajstić information content (AvgIpc) is 2.84. The van der Waals surface area contributed by atoms with E-state index in [4.69, 9.17) is 5.11 Å². The molecule has 112 valence electrons. The Bertz CT molecular complexity index is 431. The van der Waals surface area contributed by atoms with Crippen LogP contribution in [0.4, 0.5) is 5.13 Å². The first-order valence-electron chi connectivity index (χ1n) is 7.01. The number of carboxylic acids is 1. The van der Waals surface area contributed by atoms with Crippen LogP contribution in [0, 0.1) is 0 Å². The molecule has 0 radical (unpaired) electrons. The monoisotopic (exact) mass is 298 g/mol. The molecule has 0 aromatic carbocycles.